The summed E-state index contributed by atoms with van der Waals surface area (Å²) in [4.78, 5) is 9.83. The van der Waals surface area contributed by atoms with Crippen LogP contribution in [0, 0.1) is 5.41 Å². The van der Waals surface area contributed by atoms with Crippen LogP contribution in [0.5, 0.6) is 0 Å². The lowest BCUT2D eigenvalue weighted by molar-refractivity contribution is -0.128. The molecule has 0 spiro atoms. The minimum atomic E-state index is 0.473. The Morgan fingerprint density at radius 3 is 2.14 bits per heavy atom. The van der Waals surface area contributed by atoms with Crippen LogP contribution in [0.1, 0.15) is 59.3 Å². The van der Waals surface area contributed by atoms with Crippen molar-refractivity contribution in [1.29, 1.82) is 0 Å². The molecule has 0 saturated heterocycles. The molecular formula is C12H24O2. The van der Waals surface area contributed by atoms with Gasteiger partial charge in [-0.3, -0.25) is 4.79 Å². The molecule has 0 radical (unpaired) electrons. The lowest BCUT2D eigenvalue weighted by atomic mass is 9.89. The quantitative estimate of drug-likeness (QED) is 0.442. The van der Waals surface area contributed by atoms with Gasteiger partial charge in [0.05, 0.1) is 6.61 Å². The number of hydrogen-bond donors (Lipinski definition) is 0. The monoisotopic (exact) mass is 200 g/mol. The van der Waals surface area contributed by atoms with Crippen molar-refractivity contribution in [1.82, 2.24) is 0 Å². The van der Waals surface area contributed by atoms with Crippen LogP contribution >= 0.6 is 0 Å². The van der Waals surface area contributed by atoms with Crippen molar-refractivity contribution in [2.75, 3.05) is 6.61 Å². The molecule has 0 unspecified atom stereocenters. The Labute approximate surface area is 88.0 Å². The fourth-order valence-corrected chi connectivity index (χ4v) is 1.42. The van der Waals surface area contributed by atoms with E-state index in [0.29, 0.717) is 18.5 Å². The summed E-state index contributed by atoms with van der Waals surface area (Å²) < 4.78 is 4.61. The Kier molecular flexibility index (Phi) is 7.54. The molecule has 84 valence electrons. The summed E-state index contributed by atoms with van der Waals surface area (Å²) in [6.45, 7) is 7.96. The lowest BCUT2D eigenvalue weighted by Gasteiger charge is -2.17. The normalized spacial score (nSPS) is 11.4. The maximum atomic E-state index is 9.83. The van der Waals surface area contributed by atoms with E-state index in [9.17, 15) is 4.79 Å². The first-order valence-corrected chi connectivity index (χ1v) is 5.61. The predicted octanol–water partition coefficient (Wildman–Crippen LogP) is 3.55. The number of hydrogen-bond acceptors (Lipinski definition) is 2. The van der Waals surface area contributed by atoms with Crippen LogP contribution in [0.4, 0.5) is 0 Å². The van der Waals surface area contributed by atoms with Crippen LogP contribution in [0.2, 0.25) is 0 Å². The Balaban J connectivity index is 3.03. The van der Waals surface area contributed by atoms with Gasteiger partial charge in [0.1, 0.15) is 0 Å². The van der Waals surface area contributed by atoms with Crippen LogP contribution in [0.3, 0.4) is 0 Å². The number of unbranched alkanes of at least 4 members (excludes halogenated alkanes) is 4. The highest BCUT2D eigenvalue weighted by Gasteiger charge is 2.08. The standard InChI is InChI=1S/C12H24O2/c1-12(2,3)9-7-5-4-6-8-10-14-11-13/h11H,4-10H2,1-3H3. The van der Waals surface area contributed by atoms with Gasteiger partial charge in [-0.25, -0.2) is 0 Å². The first kappa shape index (κ1) is 13.5. The Morgan fingerprint density at radius 2 is 1.57 bits per heavy atom. The molecular weight excluding hydrogens is 176 g/mol. The topological polar surface area (TPSA) is 26.3 Å². The predicted molar refractivity (Wildman–Crippen MR) is 59.2 cm³/mol. The summed E-state index contributed by atoms with van der Waals surface area (Å²) in [5.41, 5.74) is 0.473. The Morgan fingerprint density at radius 1 is 1.00 bits per heavy atom. The Hall–Kier alpha value is -0.530. The first-order valence-electron chi connectivity index (χ1n) is 5.61. The van der Waals surface area contributed by atoms with Crippen molar-refractivity contribution in [3.8, 4) is 0 Å². The average Bonchev–Trinajstić information content (AvgIpc) is 2.08. The van der Waals surface area contributed by atoms with Gasteiger partial charge in [0, 0.05) is 0 Å². The smallest absolute Gasteiger partial charge is 0.293 e. The van der Waals surface area contributed by atoms with Gasteiger partial charge < -0.3 is 4.74 Å². The third kappa shape index (κ3) is 11.5. The highest BCUT2D eigenvalue weighted by molar-refractivity contribution is 5.36. The van der Waals surface area contributed by atoms with Gasteiger partial charge in [-0.05, 0) is 18.3 Å². The number of carbonyl (C=O) groups is 1. The van der Waals surface area contributed by atoms with Crippen molar-refractivity contribution in [2.24, 2.45) is 5.41 Å². The first-order chi connectivity index (χ1) is 6.56. The highest BCUT2D eigenvalue weighted by atomic mass is 16.5. The van der Waals surface area contributed by atoms with E-state index in [0.717, 1.165) is 6.42 Å². The van der Waals surface area contributed by atoms with Crippen LogP contribution in [-0.2, 0) is 9.53 Å². The maximum absolute atomic E-state index is 9.83. The highest BCUT2D eigenvalue weighted by Crippen LogP contribution is 2.22. The van der Waals surface area contributed by atoms with E-state index in [1.807, 2.05) is 0 Å². The lowest BCUT2D eigenvalue weighted by Crippen LogP contribution is -2.03. The minimum absolute atomic E-state index is 0.473. The van der Waals surface area contributed by atoms with E-state index in [2.05, 4.69) is 25.5 Å². The summed E-state index contributed by atoms with van der Waals surface area (Å²) >= 11 is 0. The summed E-state index contributed by atoms with van der Waals surface area (Å²) in [5, 5.41) is 0. The molecule has 0 rings (SSSR count). The van der Waals surface area contributed by atoms with E-state index in [1.54, 1.807) is 0 Å². The van der Waals surface area contributed by atoms with Gasteiger partial charge in [-0.1, -0.05) is 46.5 Å². The fourth-order valence-electron chi connectivity index (χ4n) is 1.42. The van der Waals surface area contributed by atoms with E-state index >= 15 is 0 Å². The fraction of sp³-hybridized carbons (Fsp3) is 0.917. The largest absolute Gasteiger partial charge is 0.468 e. The molecule has 0 aromatic rings. The van der Waals surface area contributed by atoms with Gasteiger partial charge in [-0.15, -0.1) is 0 Å². The van der Waals surface area contributed by atoms with Gasteiger partial charge in [0.15, 0.2) is 0 Å². The molecule has 0 atom stereocenters. The zero-order valence-electron chi connectivity index (χ0n) is 9.84. The summed E-state index contributed by atoms with van der Waals surface area (Å²) in [7, 11) is 0. The minimum Gasteiger partial charge on any atom is -0.468 e. The molecule has 14 heavy (non-hydrogen) atoms. The van der Waals surface area contributed by atoms with Crippen molar-refractivity contribution in [3.63, 3.8) is 0 Å². The van der Waals surface area contributed by atoms with Gasteiger partial charge >= 0.3 is 0 Å². The van der Waals surface area contributed by atoms with Gasteiger partial charge in [0.2, 0.25) is 0 Å². The molecule has 0 aliphatic heterocycles. The SMILES string of the molecule is CC(C)(C)CCCCCCCOC=O. The van der Waals surface area contributed by atoms with Crippen molar-refractivity contribution >= 4 is 6.47 Å². The van der Waals surface area contributed by atoms with E-state index in [1.165, 1.54) is 32.1 Å². The van der Waals surface area contributed by atoms with Gasteiger partial charge in [-0.2, -0.15) is 0 Å². The molecule has 0 aliphatic carbocycles. The zero-order chi connectivity index (χ0) is 10.9. The molecule has 2 heteroatoms. The van der Waals surface area contributed by atoms with Crippen LogP contribution in [0.25, 0.3) is 0 Å². The molecule has 0 bridgehead atoms. The molecule has 0 N–H and O–H groups in total. The summed E-state index contributed by atoms with van der Waals surface area (Å²) in [6, 6.07) is 0. The number of ether oxygens (including phenoxy) is 1. The number of carbonyl (C=O) groups excluding carboxylic acids is 1. The van der Waals surface area contributed by atoms with E-state index < -0.39 is 0 Å². The molecule has 0 amide bonds. The van der Waals surface area contributed by atoms with Crippen molar-refractivity contribution in [3.05, 3.63) is 0 Å². The molecule has 0 aromatic heterocycles. The van der Waals surface area contributed by atoms with E-state index in [-0.39, 0.29) is 0 Å². The molecule has 0 aromatic carbocycles. The second kappa shape index (κ2) is 7.84. The van der Waals surface area contributed by atoms with E-state index in [4.69, 9.17) is 0 Å². The molecule has 2 nitrogen and oxygen atoms in total. The van der Waals surface area contributed by atoms with Crippen LogP contribution in [-0.4, -0.2) is 13.1 Å². The van der Waals surface area contributed by atoms with Gasteiger partial charge in [0.25, 0.3) is 6.47 Å². The number of rotatable bonds is 8. The molecule has 0 aliphatic rings. The average molecular weight is 200 g/mol. The summed E-state index contributed by atoms with van der Waals surface area (Å²) in [5.74, 6) is 0. The molecule has 0 heterocycles. The zero-order valence-corrected chi connectivity index (χ0v) is 9.84. The second-order valence-corrected chi connectivity index (χ2v) is 5.05. The third-order valence-electron chi connectivity index (χ3n) is 2.26. The van der Waals surface area contributed by atoms with Crippen LogP contribution in [0.15, 0.2) is 0 Å². The van der Waals surface area contributed by atoms with Crippen molar-refractivity contribution in [2.45, 2.75) is 59.3 Å². The summed E-state index contributed by atoms with van der Waals surface area (Å²) in [6.07, 6.45) is 7.37. The Bertz CT molecular complexity index is 136. The van der Waals surface area contributed by atoms with Crippen LogP contribution < -0.4 is 0 Å². The van der Waals surface area contributed by atoms with Crippen molar-refractivity contribution < 1.29 is 9.53 Å². The maximum Gasteiger partial charge on any atom is 0.293 e. The third-order valence-corrected chi connectivity index (χ3v) is 2.26. The molecule has 0 fully saturated rings. The second-order valence-electron chi connectivity index (χ2n) is 5.05. The molecule has 0 saturated carbocycles.